The third kappa shape index (κ3) is 6.34. The molecule has 1 atom stereocenters. The van der Waals surface area contributed by atoms with Gasteiger partial charge < -0.3 is 14.9 Å². The second kappa shape index (κ2) is 12.6. The molecule has 1 unspecified atom stereocenters. The zero-order chi connectivity index (χ0) is 25.4. The Morgan fingerprint density at radius 2 is 1.51 bits per heavy atom. The molecule has 5 nitrogen and oxygen atoms in total. The summed E-state index contributed by atoms with van der Waals surface area (Å²) in [5.41, 5.74) is 0.153. The van der Waals surface area contributed by atoms with Gasteiger partial charge >= 0.3 is 0 Å². The van der Waals surface area contributed by atoms with Gasteiger partial charge in [0.15, 0.2) is 0 Å². The maximum absolute atomic E-state index is 14.9. The number of halogens is 2. The first-order valence-electron chi connectivity index (χ1n) is 12.4. The molecular formula is C28H34F2N2O3. The van der Waals surface area contributed by atoms with Crippen molar-refractivity contribution in [2.45, 2.75) is 52.0 Å². The average molecular weight is 485 g/mol. The summed E-state index contributed by atoms with van der Waals surface area (Å²) in [5, 5.41) is 11.0. The van der Waals surface area contributed by atoms with Gasteiger partial charge in [-0.25, -0.2) is 8.78 Å². The number of aliphatic hydroxyl groups excluding tert-OH is 1. The zero-order valence-electron chi connectivity index (χ0n) is 20.5. The number of Topliss-reactive ketones (excluding diaryl/α,β-unsaturated/α-hetero) is 1. The van der Waals surface area contributed by atoms with Gasteiger partial charge in [-0.2, -0.15) is 0 Å². The summed E-state index contributed by atoms with van der Waals surface area (Å²) in [6.45, 7) is 7.23. The Labute approximate surface area is 206 Å². The predicted octanol–water partition coefficient (Wildman–Crippen LogP) is 5.68. The van der Waals surface area contributed by atoms with Gasteiger partial charge in [0.25, 0.3) is 11.7 Å². The molecule has 1 saturated heterocycles. The Bertz CT molecular complexity index is 1040. The lowest BCUT2D eigenvalue weighted by atomic mass is 9.95. The summed E-state index contributed by atoms with van der Waals surface area (Å²) in [5.74, 6) is -3.14. The number of hydrogen-bond acceptors (Lipinski definition) is 4. The highest BCUT2D eigenvalue weighted by Crippen LogP contribution is 2.40. The molecule has 0 spiro atoms. The van der Waals surface area contributed by atoms with Crippen LogP contribution in [-0.2, 0) is 9.59 Å². The van der Waals surface area contributed by atoms with Gasteiger partial charge in [0.05, 0.1) is 11.6 Å². The lowest BCUT2D eigenvalue weighted by Gasteiger charge is -2.27. The smallest absolute Gasteiger partial charge is 0.295 e. The van der Waals surface area contributed by atoms with Crippen LogP contribution in [0.25, 0.3) is 5.76 Å². The maximum atomic E-state index is 14.9. The number of likely N-dealkylation sites (tertiary alicyclic amines) is 1. The molecule has 0 aliphatic carbocycles. The van der Waals surface area contributed by atoms with Gasteiger partial charge in [-0.1, -0.05) is 44.9 Å². The lowest BCUT2D eigenvalue weighted by molar-refractivity contribution is -0.140. The molecule has 1 aliphatic heterocycles. The van der Waals surface area contributed by atoms with Crippen molar-refractivity contribution in [1.29, 1.82) is 0 Å². The standard InChI is InChI=1S/C28H34F2N2O3/c1-3-5-16-31(17-6-4-2)18-9-19-32-25(22-10-7-8-11-23(22)30)24(27(34)28(32)35)26(33)20-12-14-21(29)15-13-20/h7-8,10-15,25,33H,3-6,9,16-19H2,1-2H3/b26-24-. The minimum atomic E-state index is -1.05. The number of unbranched alkanes of at least 4 members (excludes halogenated alkanes) is 2. The molecule has 2 aromatic carbocycles. The molecule has 1 N–H and O–H groups in total. The largest absolute Gasteiger partial charge is 0.507 e. The molecule has 1 heterocycles. The van der Waals surface area contributed by atoms with Gasteiger partial charge in [0, 0.05) is 17.7 Å². The second-order valence-corrected chi connectivity index (χ2v) is 8.92. The maximum Gasteiger partial charge on any atom is 0.295 e. The Kier molecular flexibility index (Phi) is 9.55. The van der Waals surface area contributed by atoms with Gasteiger partial charge in [-0.05, 0) is 69.2 Å². The molecule has 2 aromatic rings. The molecular weight excluding hydrogens is 450 g/mol. The van der Waals surface area contributed by atoms with E-state index < -0.39 is 35.1 Å². The number of amides is 1. The number of benzene rings is 2. The van der Waals surface area contributed by atoms with Crippen molar-refractivity contribution in [3.63, 3.8) is 0 Å². The topological polar surface area (TPSA) is 60.9 Å². The molecule has 0 radical (unpaired) electrons. The van der Waals surface area contributed by atoms with Crippen molar-refractivity contribution >= 4 is 17.4 Å². The van der Waals surface area contributed by atoms with E-state index in [1.54, 1.807) is 6.07 Å². The SMILES string of the molecule is CCCCN(CCCC)CCCN1C(=O)C(=O)/C(=C(\O)c2ccc(F)cc2)C1c1ccccc1F. The average Bonchev–Trinajstić information content (AvgIpc) is 3.10. The van der Waals surface area contributed by atoms with Crippen LogP contribution in [-0.4, -0.2) is 52.8 Å². The normalized spacial score (nSPS) is 17.5. The highest BCUT2D eigenvalue weighted by molar-refractivity contribution is 6.46. The van der Waals surface area contributed by atoms with E-state index in [-0.39, 0.29) is 23.2 Å². The second-order valence-electron chi connectivity index (χ2n) is 8.92. The highest BCUT2D eigenvalue weighted by atomic mass is 19.1. The molecule has 0 saturated carbocycles. The summed E-state index contributed by atoms with van der Waals surface area (Å²) < 4.78 is 28.3. The third-order valence-corrected chi connectivity index (χ3v) is 6.39. The number of aliphatic hydroxyl groups is 1. The van der Waals surface area contributed by atoms with Crippen LogP contribution in [0.1, 0.15) is 63.1 Å². The van der Waals surface area contributed by atoms with E-state index in [0.29, 0.717) is 6.42 Å². The van der Waals surface area contributed by atoms with Crippen molar-refractivity contribution in [3.05, 3.63) is 76.9 Å². The first-order chi connectivity index (χ1) is 16.9. The van der Waals surface area contributed by atoms with Crippen molar-refractivity contribution in [3.8, 4) is 0 Å². The van der Waals surface area contributed by atoms with Crippen molar-refractivity contribution in [2.24, 2.45) is 0 Å². The highest BCUT2D eigenvalue weighted by Gasteiger charge is 2.46. The minimum absolute atomic E-state index is 0.143. The number of ketones is 1. The first kappa shape index (κ1) is 26.5. The molecule has 1 fully saturated rings. The Morgan fingerprint density at radius 3 is 2.11 bits per heavy atom. The predicted molar refractivity (Wildman–Crippen MR) is 133 cm³/mol. The van der Waals surface area contributed by atoms with E-state index in [9.17, 15) is 23.5 Å². The lowest BCUT2D eigenvalue weighted by Crippen LogP contribution is -2.34. The van der Waals surface area contributed by atoms with Crippen LogP contribution in [0.15, 0.2) is 54.1 Å². The first-order valence-corrected chi connectivity index (χ1v) is 12.4. The van der Waals surface area contributed by atoms with Crippen LogP contribution in [0, 0.1) is 11.6 Å². The van der Waals surface area contributed by atoms with Gasteiger partial charge in [-0.3, -0.25) is 9.59 Å². The summed E-state index contributed by atoms with van der Waals surface area (Å²) in [6.07, 6.45) is 4.96. The molecule has 7 heteroatoms. The fraction of sp³-hybridized carbons (Fsp3) is 0.429. The Morgan fingerprint density at radius 1 is 0.914 bits per heavy atom. The van der Waals surface area contributed by atoms with E-state index in [2.05, 4.69) is 18.7 Å². The number of nitrogens with zero attached hydrogens (tertiary/aromatic N) is 2. The Hall–Kier alpha value is -3.06. The Balaban J connectivity index is 1.92. The quantitative estimate of drug-likeness (QED) is 0.239. The molecule has 3 rings (SSSR count). The van der Waals surface area contributed by atoms with E-state index >= 15 is 0 Å². The fourth-order valence-corrected chi connectivity index (χ4v) is 4.46. The molecule has 188 valence electrons. The molecule has 0 bridgehead atoms. The summed E-state index contributed by atoms with van der Waals surface area (Å²) in [7, 11) is 0. The summed E-state index contributed by atoms with van der Waals surface area (Å²) in [6, 6.07) is 9.87. The van der Waals surface area contributed by atoms with Gasteiger partial charge in [-0.15, -0.1) is 0 Å². The number of carbonyl (C=O) groups excluding carboxylic acids is 2. The van der Waals surface area contributed by atoms with Crippen molar-refractivity contribution in [1.82, 2.24) is 9.80 Å². The van der Waals surface area contributed by atoms with Crippen molar-refractivity contribution in [2.75, 3.05) is 26.2 Å². The van der Waals surface area contributed by atoms with E-state index in [4.69, 9.17) is 0 Å². The monoisotopic (exact) mass is 484 g/mol. The van der Waals surface area contributed by atoms with Crippen LogP contribution < -0.4 is 0 Å². The van der Waals surface area contributed by atoms with Crippen molar-refractivity contribution < 1.29 is 23.5 Å². The third-order valence-electron chi connectivity index (χ3n) is 6.39. The van der Waals surface area contributed by atoms with Crippen LogP contribution >= 0.6 is 0 Å². The molecule has 0 aromatic heterocycles. The summed E-state index contributed by atoms with van der Waals surface area (Å²) >= 11 is 0. The van der Waals surface area contributed by atoms with E-state index in [0.717, 1.165) is 57.5 Å². The van der Waals surface area contributed by atoms with Crippen LogP contribution in [0.4, 0.5) is 8.78 Å². The number of carbonyl (C=O) groups is 2. The number of hydrogen-bond donors (Lipinski definition) is 1. The van der Waals surface area contributed by atoms with Crippen LogP contribution in [0.2, 0.25) is 0 Å². The fourth-order valence-electron chi connectivity index (χ4n) is 4.46. The van der Waals surface area contributed by atoms with Gasteiger partial charge in [0.2, 0.25) is 0 Å². The van der Waals surface area contributed by atoms with Gasteiger partial charge in [0.1, 0.15) is 17.4 Å². The molecule has 1 aliphatic rings. The zero-order valence-corrected chi connectivity index (χ0v) is 20.5. The molecule has 35 heavy (non-hydrogen) atoms. The van der Waals surface area contributed by atoms with E-state index in [1.807, 2.05) is 0 Å². The number of rotatable bonds is 12. The van der Waals surface area contributed by atoms with Crippen LogP contribution in [0.5, 0.6) is 0 Å². The van der Waals surface area contributed by atoms with E-state index in [1.165, 1.54) is 35.2 Å². The molecule has 1 amide bonds. The minimum Gasteiger partial charge on any atom is -0.507 e. The van der Waals surface area contributed by atoms with Crippen LogP contribution in [0.3, 0.4) is 0 Å². The summed E-state index contributed by atoms with van der Waals surface area (Å²) in [4.78, 5) is 29.8.